The lowest BCUT2D eigenvalue weighted by Crippen LogP contribution is -1.98. The third kappa shape index (κ3) is 2.73. The van der Waals surface area contributed by atoms with Crippen LogP contribution in [0.1, 0.15) is 11.1 Å². The molecule has 0 aromatic heterocycles. The fourth-order valence-electron chi connectivity index (χ4n) is 1.52. The van der Waals surface area contributed by atoms with Crippen molar-refractivity contribution >= 4 is 17.3 Å². The van der Waals surface area contributed by atoms with Crippen LogP contribution in [0.25, 0.3) is 0 Å². The van der Waals surface area contributed by atoms with Crippen LogP contribution in [0.5, 0.6) is 5.75 Å². The van der Waals surface area contributed by atoms with Gasteiger partial charge in [-0.1, -0.05) is 29.8 Å². The molecule has 0 fully saturated rings. The lowest BCUT2D eigenvalue weighted by atomic mass is 10.2. The van der Waals surface area contributed by atoms with E-state index in [0.29, 0.717) is 28.6 Å². The van der Waals surface area contributed by atoms with Crippen LogP contribution in [0.2, 0.25) is 5.02 Å². The van der Waals surface area contributed by atoms with E-state index in [1.165, 1.54) is 0 Å². The Morgan fingerprint density at radius 2 is 2.00 bits per heavy atom. The fraction of sp³-hybridized carbons (Fsp3) is 0.0714. The highest BCUT2D eigenvalue weighted by molar-refractivity contribution is 6.31. The van der Waals surface area contributed by atoms with Gasteiger partial charge in [0.2, 0.25) is 0 Å². The summed E-state index contributed by atoms with van der Waals surface area (Å²) in [7, 11) is 0. The molecule has 4 heteroatoms. The second kappa shape index (κ2) is 5.44. The number of halogens is 1. The number of anilines is 1. The first-order valence-electron chi connectivity index (χ1n) is 5.36. The predicted octanol–water partition coefficient (Wildman–Crippen LogP) is 3.37. The number of nitrogens with two attached hydrogens (primary N) is 1. The van der Waals surface area contributed by atoms with E-state index in [4.69, 9.17) is 27.3 Å². The summed E-state index contributed by atoms with van der Waals surface area (Å²) in [5, 5.41) is 9.49. The SMILES string of the molecule is N#Cc1ccccc1OCc1ccc(N)cc1Cl. The van der Waals surface area contributed by atoms with Crippen LogP contribution in [-0.2, 0) is 6.61 Å². The van der Waals surface area contributed by atoms with Gasteiger partial charge in [0, 0.05) is 16.3 Å². The molecule has 0 radical (unpaired) electrons. The second-order valence-electron chi connectivity index (χ2n) is 3.75. The summed E-state index contributed by atoms with van der Waals surface area (Å²) in [6.07, 6.45) is 0. The first kappa shape index (κ1) is 12.3. The molecule has 18 heavy (non-hydrogen) atoms. The molecule has 2 rings (SSSR count). The molecular weight excluding hydrogens is 248 g/mol. The van der Waals surface area contributed by atoms with Gasteiger partial charge in [-0.2, -0.15) is 5.26 Å². The number of nitriles is 1. The van der Waals surface area contributed by atoms with E-state index in [-0.39, 0.29) is 0 Å². The average Bonchev–Trinajstić information content (AvgIpc) is 2.38. The molecule has 0 saturated heterocycles. The average molecular weight is 259 g/mol. The zero-order valence-electron chi connectivity index (χ0n) is 9.56. The van der Waals surface area contributed by atoms with Crippen LogP contribution in [-0.4, -0.2) is 0 Å². The monoisotopic (exact) mass is 258 g/mol. The molecule has 0 aliphatic rings. The van der Waals surface area contributed by atoms with Crippen molar-refractivity contribution < 1.29 is 4.74 Å². The predicted molar refractivity (Wildman–Crippen MR) is 71.4 cm³/mol. The zero-order valence-corrected chi connectivity index (χ0v) is 10.3. The molecule has 2 N–H and O–H groups in total. The number of nitrogens with zero attached hydrogens (tertiary/aromatic N) is 1. The van der Waals surface area contributed by atoms with E-state index >= 15 is 0 Å². The summed E-state index contributed by atoms with van der Waals surface area (Å²) in [5.74, 6) is 0.549. The van der Waals surface area contributed by atoms with Gasteiger partial charge in [0.15, 0.2) is 0 Å². The Kier molecular flexibility index (Phi) is 3.71. The van der Waals surface area contributed by atoms with Crippen molar-refractivity contribution in [3.63, 3.8) is 0 Å². The van der Waals surface area contributed by atoms with Gasteiger partial charge in [-0.05, 0) is 24.3 Å². The number of hydrogen-bond donors (Lipinski definition) is 1. The molecule has 3 nitrogen and oxygen atoms in total. The van der Waals surface area contributed by atoms with Crippen molar-refractivity contribution in [3.05, 3.63) is 58.6 Å². The molecule has 0 spiro atoms. The molecule has 0 saturated carbocycles. The first-order valence-corrected chi connectivity index (χ1v) is 5.74. The molecule has 0 aliphatic carbocycles. The van der Waals surface area contributed by atoms with Gasteiger partial charge in [-0.25, -0.2) is 0 Å². The Bertz CT molecular complexity index is 605. The summed E-state index contributed by atoms with van der Waals surface area (Å²) >= 11 is 6.04. The van der Waals surface area contributed by atoms with Crippen molar-refractivity contribution in [2.45, 2.75) is 6.61 Å². The number of nitrogen functional groups attached to an aromatic ring is 1. The van der Waals surface area contributed by atoms with Crippen molar-refractivity contribution in [1.29, 1.82) is 5.26 Å². The first-order chi connectivity index (χ1) is 8.70. The zero-order chi connectivity index (χ0) is 13.0. The maximum absolute atomic E-state index is 8.93. The van der Waals surface area contributed by atoms with Crippen LogP contribution in [0.15, 0.2) is 42.5 Å². The van der Waals surface area contributed by atoms with Crippen LogP contribution in [0.4, 0.5) is 5.69 Å². The quantitative estimate of drug-likeness (QED) is 0.859. The molecule has 2 aromatic rings. The number of para-hydroxylation sites is 1. The van der Waals surface area contributed by atoms with Gasteiger partial charge in [-0.3, -0.25) is 0 Å². The summed E-state index contributed by atoms with van der Waals surface area (Å²) in [4.78, 5) is 0. The Morgan fingerprint density at radius 1 is 1.22 bits per heavy atom. The molecule has 0 heterocycles. The van der Waals surface area contributed by atoms with Gasteiger partial charge >= 0.3 is 0 Å². The Labute approximate surface area is 110 Å². The van der Waals surface area contributed by atoms with Crippen LogP contribution in [0.3, 0.4) is 0 Å². The van der Waals surface area contributed by atoms with E-state index < -0.39 is 0 Å². The third-order valence-electron chi connectivity index (χ3n) is 2.47. The van der Waals surface area contributed by atoms with Gasteiger partial charge < -0.3 is 10.5 Å². The number of ether oxygens (including phenoxy) is 1. The number of benzene rings is 2. The third-order valence-corrected chi connectivity index (χ3v) is 2.82. The number of hydrogen-bond acceptors (Lipinski definition) is 3. The summed E-state index contributed by atoms with van der Waals surface area (Å²) < 4.78 is 5.59. The van der Waals surface area contributed by atoms with E-state index in [1.54, 1.807) is 30.3 Å². The highest BCUT2D eigenvalue weighted by Crippen LogP contribution is 2.23. The molecule has 90 valence electrons. The molecule has 0 aliphatic heterocycles. The van der Waals surface area contributed by atoms with E-state index in [0.717, 1.165) is 5.56 Å². The molecule has 0 amide bonds. The highest BCUT2D eigenvalue weighted by atomic mass is 35.5. The van der Waals surface area contributed by atoms with Crippen LogP contribution >= 0.6 is 11.6 Å². The van der Waals surface area contributed by atoms with Crippen molar-refractivity contribution in [2.24, 2.45) is 0 Å². The lowest BCUT2D eigenvalue weighted by molar-refractivity contribution is 0.305. The van der Waals surface area contributed by atoms with Crippen LogP contribution < -0.4 is 10.5 Å². The van der Waals surface area contributed by atoms with Crippen molar-refractivity contribution in [2.75, 3.05) is 5.73 Å². The minimum atomic E-state index is 0.303. The Hall–Kier alpha value is -2.18. The summed E-state index contributed by atoms with van der Waals surface area (Å²) in [6.45, 7) is 0.303. The normalized spacial score (nSPS) is 9.78. The maximum Gasteiger partial charge on any atom is 0.137 e. The van der Waals surface area contributed by atoms with Gasteiger partial charge in [0.05, 0.1) is 5.56 Å². The number of rotatable bonds is 3. The maximum atomic E-state index is 8.93. The highest BCUT2D eigenvalue weighted by Gasteiger charge is 2.05. The Morgan fingerprint density at radius 3 is 2.72 bits per heavy atom. The van der Waals surface area contributed by atoms with Crippen LogP contribution in [0, 0.1) is 11.3 Å². The minimum absolute atomic E-state index is 0.303. The summed E-state index contributed by atoms with van der Waals surface area (Å²) in [6, 6.07) is 14.4. The lowest BCUT2D eigenvalue weighted by Gasteiger charge is -2.09. The summed E-state index contributed by atoms with van der Waals surface area (Å²) in [5.41, 5.74) is 7.56. The topological polar surface area (TPSA) is 59.0 Å². The van der Waals surface area contributed by atoms with Crippen molar-refractivity contribution in [1.82, 2.24) is 0 Å². The fourth-order valence-corrected chi connectivity index (χ4v) is 1.76. The van der Waals surface area contributed by atoms with Gasteiger partial charge in [-0.15, -0.1) is 0 Å². The van der Waals surface area contributed by atoms with Gasteiger partial charge in [0.1, 0.15) is 18.4 Å². The molecule has 0 unspecified atom stereocenters. The minimum Gasteiger partial charge on any atom is -0.487 e. The largest absolute Gasteiger partial charge is 0.487 e. The molecule has 0 bridgehead atoms. The van der Waals surface area contributed by atoms with Gasteiger partial charge in [0.25, 0.3) is 0 Å². The molecule has 2 aromatic carbocycles. The standard InChI is InChI=1S/C14H11ClN2O/c15-13-7-12(17)6-5-11(13)9-18-14-4-2-1-3-10(14)8-16/h1-7H,9,17H2. The van der Waals surface area contributed by atoms with Crippen molar-refractivity contribution in [3.8, 4) is 11.8 Å². The molecular formula is C14H11ClN2O. The Balaban J connectivity index is 2.14. The van der Waals surface area contributed by atoms with E-state index in [1.807, 2.05) is 12.1 Å². The van der Waals surface area contributed by atoms with E-state index in [9.17, 15) is 0 Å². The molecule has 0 atom stereocenters. The smallest absolute Gasteiger partial charge is 0.137 e. The van der Waals surface area contributed by atoms with E-state index in [2.05, 4.69) is 6.07 Å². The second-order valence-corrected chi connectivity index (χ2v) is 4.15.